The molecular weight excluding hydrogens is 529 g/mol. The maximum absolute atomic E-state index is 12.9. The zero-order valence-corrected chi connectivity index (χ0v) is 23.0. The molecule has 2 aromatic heterocycles. The van der Waals surface area contributed by atoms with Crippen LogP contribution in [0, 0.1) is 12.8 Å². The fourth-order valence-corrected chi connectivity index (χ4v) is 5.99. The highest BCUT2D eigenvalue weighted by molar-refractivity contribution is 7.91. The molecule has 0 spiro atoms. The summed E-state index contributed by atoms with van der Waals surface area (Å²) < 4.78 is 63.1. The van der Waals surface area contributed by atoms with E-state index >= 15 is 0 Å². The molecule has 3 aromatic rings. The van der Waals surface area contributed by atoms with Crippen LogP contribution in [0.1, 0.15) is 70.9 Å². The van der Waals surface area contributed by atoms with Crippen LogP contribution in [-0.4, -0.2) is 34.9 Å². The van der Waals surface area contributed by atoms with Gasteiger partial charge < -0.3 is 5.32 Å². The van der Waals surface area contributed by atoms with E-state index in [1.807, 2.05) is 0 Å². The van der Waals surface area contributed by atoms with Crippen LogP contribution in [0.5, 0.6) is 0 Å². The summed E-state index contributed by atoms with van der Waals surface area (Å²) in [5, 5.41) is 2.81. The Morgan fingerprint density at radius 3 is 2.44 bits per heavy atom. The monoisotopic (exact) mass is 560 g/mol. The van der Waals surface area contributed by atoms with E-state index in [-0.39, 0.29) is 35.1 Å². The van der Waals surface area contributed by atoms with Gasteiger partial charge in [0, 0.05) is 19.3 Å². The van der Waals surface area contributed by atoms with Crippen molar-refractivity contribution < 1.29 is 26.4 Å². The Bertz CT molecular complexity index is 1470. The van der Waals surface area contributed by atoms with Crippen LogP contribution in [-0.2, 0) is 35.6 Å². The molecule has 0 saturated heterocycles. The molecule has 39 heavy (non-hydrogen) atoms. The first-order valence-corrected chi connectivity index (χ1v) is 14.3. The summed E-state index contributed by atoms with van der Waals surface area (Å²) in [5.74, 6) is -0.157. The van der Waals surface area contributed by atoms with Gasteiger partial charge in [0.2, 0.25) is 0 Å². The normalized spacial score (nSPS) is 15.9. The smallest absolute Gasteiger partial charge is 0.346 e. The van der Waals surface area contributed by atoms with Crippen molar-refractivity contribution >= 4 is 15.7 Å². The lowest BCUT2D eigenvalue weighted by atomic mass is 9.99. The average molecular weight is 561 g/mol. The fourth-order valence-electron chi connectivity index (χ4n) is 4.91. The molecule has 0 fully saturated rings. The molecule has 0 radical (unpaired) electrons. The number of aryl methyl sites for hydroxylation is 1. The minimum atomic E-state index is -4.38. The maximum Gasteiger partial charge on any atom is 0.416 e. The van der Waals surface area contributed by atoms with Crippen molar-refractivity contribution in [1.82, 2.24) is 20.2 Å². The van der Waals surface area contributed by atoms with E-state index in [9.17, 15) is 26.4 Å². The SMILES string of the molecule is CCS(=O)(=O)c1ccc(CNC(=O)c2cnc3c(c2)CN(Cc2ccc(C(F)(F)F)cc2)C3C(C)C)nc1C. The molecule has 1 aromatic carbocycles. The minimum absolute atomic E-state index is 0.0175. The molecule has 1 unspecified atom stereocenters. The zero-order chi connectivity index (χ0) is 28.5. The molecule has 0 saturated carbocycles. The van der Waals surface area contributed by atoms with Crippen LogP contribution in [0.3, 0.4) is 0 Å². The molecule has 1 amide bonds. The number of fused-ring (bicyclic) bond motifs is 1. The van der Waals surface area contributed by atoms with Gasteiger partial charge in [-0.1, -0.05) is 32.9 Å². The molecule has 1 atom stereocenters. The first kappa shape index (κ1) is 28.7. The lowest BCUT2D eigenvalue weighted by Gasteiger charge is -2.27. The minimum Gasteiger partial charge on any atom is -0.346 e. The summed E-state index contributed by atoms with van der Waals surface area (Å²) in [6.45, 7) is 8.42. The largest absolute Gasteiger partial charge is 0.416 e. The van der Waals surface area contributed by atoms with Gasteiger partial charge in [-0.05, 0) is 54.3 Å². The number of nitrogens with zero attached hydrogens (tertiary/aromatic N) is 3. The van der Waals surface area contributed by atoms with Crippen molar-refractivity contribution in [3.63, 3.8) is 0 Å². The number of carbonyl (C=O) groups excluding carboxylic acids is 1. The lowest BCUT2D eigenvalue weighted by Crippen LogP contribution is -2.26. The van der Waals surface area contributed by atoms with Gasteiger partial charge in [-0.2, -0.15) is 13.2 Å². The summed E-state index contributed by atoms with van der Waals surface area (Å²) in [7, 11) is -3.38. The predicted molar refractivity (Wildman–Crippen MR) is 140 cm³/mol. The highest BCUT2D eigenvalue weighted by Crippen LogP contribution is 2.39. The van der Waals surface area contributed by atoms with Crippen molar-refractivity contribution in [3.05, 3.63) is 88.0 Å². The second-order valence-electron chi connectivity index (χ2n) is 10.0. The molecule has 1 aliphatic rings. The summed E-state index contributed by atoms with van der Waals surface area (Å²) in [6, 6.07) is 10.0. The van der Waals surface area contributed by atoms with Crippen LogP contribution < -0.4 is 5.32 Å². The number of alkyl halides is 3. The molecule has 11 heteroatoms. The van der Waals surface area contributed by atoms with E-state index in [4.69, 9.17) is 0 Å². The van der Waals surface area contributed by atoms with Crippen LogP contribution >= 0.6 is 0 Å². The Kier molecular flexibility index (Phi) is 8.13. The third kappa shape index (κ3) is 6.30. The standard InChI is InChI=1S/C28H31F3N4O3S/c1-5-39(37,38)24-11-10-23(34-18(24)4)14-33-27(36)20-12-21-16-35(26(17(2)3)25(21)32-13-20)15-19-6-8-22(9-7-19)28(29,30)31/h6-13,17,26H,5,14-16H2,1-4H3,(H,33,36). The second-order valence-corrected chi connectivity index (χ2v) is 12.3. The summed E-state index contributed by atoms with van der Waals surface area (Å²) in [5.41, 5.74) is 3.15. The van der Waals surface area contributed by atoms with Crippen LogP contribution in [0.25, 0.3) is 0 Å². The van der Waals surface area contributed by atoms with Crippen molar-refractivity contribution in [2.75, 3.05) is 5.75 Å². The lowest BCUT2D eigenvalue weighted by molar-refractivity contribution is -0.137. The number of halogens is 3. The Morgan fingerprint density at radius 1 is 1.15 bits per heavy atom. The molecule has 1 N–H and O–H groups in total. The van der Waals surface area contributed by atoms with Gasteiger partial charge >= 0.3 is 6.18 Å². The molecular formula is C28H31F3N4O3S. The van der Waals surface area contributed by atoms with Crippen molar-refractivity contribution in [2.24, 2.45) is 5.92 Å². The molecule has 4 rings (SSSR count). The number of sulfone groups is 1. The van der Waals surface area contributed by atoms with Gasteiger partial charge in [-0.15, -0.1) is 0 Å². The number of hydrogen-bond acceptors (Lipinski definition) is 6. The van der Waals surface area contributed by atoms with Gasteiger partial charge in [-0.25, -0.2) is 8.42 Å². The maximum atomic E-state index is 12.9. The van der Waals surface area contributed by atoms with Gasteiger partial charge in [0.25, 0.3) is 5.91 Å². The number of aromatic nitrogens is 2. The molecule has 0 aliphatic carbocycles. The summed E-state index contributed by atoms with van der Waals surface area (Å²) in [6.07, 6.45) is -2.85. The number of nitrogens with one attached hydrogen (secondary N) is 1. The number of hydrogen-bond donors (Lipinski definition) is 1. The second kappa shape index (κ2) is 11.1. The van der Waals surface area contributed by atoms with Gasteiger partial charge in [0.05, 0.1) is 51.4 Å². The highest BCUT2D eigenvalue weighted by Gasteiger charge is 2.35. The predicted octanol–water partition coefficient (Wildman–Crippen LogP) is 5.24. The highest BCUT2D eigenvalue weighted by atomic mass is 32.2. The summed E-state index contributed by atoms with van der Waals surface area (Å²) in [4.78, 5) is 24.2. The number of pyridine rings is 2. The van der Waals surface area contributed by atoms with Gasteiger partial charge in [0.1, 0.15) is 0 Å². The van der Waals surface area contributed by atoms with Crippen molar-refractivity contribution in [1.29, 1.82) is 0 Å². The van der Waals surface area contributed by atoms with Gasteiger partial charge in [-0.3, -0.25) is 19.7 Å². The van der Waals surface area contributed by atoms with Crippen molar-refractivity contribution in [3.8, 4) is 0 Å². The first-order valence-electron chi connectivity index (χ1n) is 12.7. The van der Waals surface area contributed by atoms with E-state index in [0.717, 1.165) is 29.0 Å². The van der Waals surface area contributed by atoms with E-state index in [2.05, 4.69) is 34.0 Å². The Labute approximate surface area is 226 Å². The Hall–Kier alpha value is -3.31. The average Bonchev–Trinajstić information content (AvgIpc) is 3.24. The van der Waals surface area contributed by atoms with Crippen LogP contribution in [0.4, 0.5) is 13.2 Å². The number of carbonyl (C=O) groups is 1. The van der Waals surface area contributed by atoms with E-state index < -0.39 is 21.6 Å². The van der Waals surface area contributed by atoms with E-state index in [0.29, 0.717) is 30.0 Å². The molecule has 0 bridgehead atoms. The Balaban J connectivity index is 1.46. The first-order chi connectivity index (χ1) is 18.3. The van der Waals surface area contributed by atoms with Crippen molar-refractivity contribution in [2.45, 2.75) is 64.4 Å². The number of benzene rings is 1. The quantitative estimate of drug-likeness (QED) is 0.405. The molecule has 7 nitrogen and oxygen atoms in total. The molecule has 208 valence electrons. The Morgan fingerprint density at radius 2 is 1.85 bits per heavy atom. The third-order valence-corrected chi connectivity index (χ3v) is 8.71. The van der Waals surface area contributed by atoms with Crippen LogP contribution in [0.15, 0.2) is 53.6 Å². The topological polar surface area (TPSA) is 92.3 Å². The van der Waals surface area contributed by atoms with E-state index in [1.54, 1.807) is 26.0 Å². The molecule has 3 heterocycles. The van der Waals surface area contributed by atoms with Gasteiger partial charge in [0.15, 0.2) is 9.84 Å². The third-order valence-electron chi connectivity index (χ3n) is 6.85. The zero-order valence-electron chi connectivity index (χ0n) is 22.2. The number of rotatable bonds is 8. The van der Waals surface area contributed by atoms with Crippen LogP contribution in [0.2, 0.25) is 0 Å². The summed E-state index contributed by atoms with van der Waals surface area (Å²) >= 11 is 0. The molecule has 1 aliphatic heterocycles. The number of amides is 1. The van der Waals surface area contributed by atoms with E-state index in [1.165, 1.54) is 24.4 Å². The fraction of sp³-hybridized carbons (Fsp3) is 0.393.